The highest BCUT2D eigenvalue weighted by atomic mass is 16.5. The summed E-state index contributed by atoms with van der Waals surface area (Å²) < 4.78 is 15.7. The Morgan fingerprint density at radius 2 is 1.81 bits per heavy atom. The lowest BCUT2D eigenvalue weighted by atomic mass is 10.1. The lowest BCUT2D eigenvalue weighted by Crippen LogP contribution is -2.26. The molecule has 6 nitrogen and oxygen atoms in total. The average Bonchev–Trinajstić information content (AvgIpc) is 2.67. The van der Waals surface area contributed by atoms with Gasteiger partial charge in [-0.3, -0.25) is 4.79 Å². The van der Waals surface area contributed by atoms with Crippen molar-refractivity contribution in [2.45, 2.75) is 13.3 Å². The van der Waals surface area contributed by atoms with Gasteiger partial charge in [-0.05, 0) is 43.2 Å². The van der Waals surface area contributed by atoms with E-state index in [1.54, 1.807) is 25.3 Å². The van der Waals surface area contributed by atoms with Gasteiger partial charge in [0.15, 0.2) is 0 Å². The highest BCUT2D eigenvalue weighted by Crippen LogP contribution is 2.22. The highest BCUT2D eigenvalue weighted by Gasteiger charge is 2.13. The van der Waals surface area contributed by atoms with Crippen molar-refractivity contribution in [3.63, 3.8) is 0 Å². The number of methoxy groups -OCH3 is 1. The van der Waals surface area contributed by atoms with Crippen LogP contribution in [0, 0.1) is 0 Å². The summed E-state index contributed by atoms with van der Waals surface area (Å²) in [6.45, 7) is 2.82. The van der Waals surface area contributed by atoms with Gasteiger partial charge in [0.2, 0.25) is 0 Å². The molecule has 140 valence electrons. The van der Waals surface area contributed by atoms with Gasteiger partial charge in [-0.2, -0.15) is 0 Å². The quantitative estimate of drug-likeness (QED) is 0.649. The van der Waals surface area contributed by atoms with Crippen LogP contribution in [0.25, 0.3) is 11.0 Å². The van der Waals surface area contributed by atoms with Gasteiger partial charge in [-0.25, -0.2) is 4.79 Å². The van der Waals surface area contributed by atoms with Crippen LogP contribution in [-0.4, -0.2) is 26.2 Å². The fraction of sp³-hybridized carbons (Fsp3) is 0.238. The van der Waals surface area contributed by atoms with E-state index in [1.165, 1.54) is 6.07 Å². The molecule has 0 bridgehead atoms. The maximum atomic E-state index is 12.6. The molecule has 0 unspecified atom stereocenters. The van der Waals surface area contributed by atoms with Crippen molar-refractivity contribution in [1.82, 2.24) is 5.32 Å². The number of hydrogen-bond donors (Lipinski definition) is 1. The van der Waals surface area contributed by atoms with Gasteiger partial charge in [0.25, 0.3) is 5.91 Å². The second-order valence-electron chi connectivity index (χ2n) is 5.92. The number of amides is 1. The van der Waals surface area contributed by atoms with Crippen LogP contribution in [-0.2, 0) is 6.42 Å². The molecule has 0 fully saturated rings. The summed E-state index contributed by atoms with van der Waals surface area (Å²) in [6.07, 6.45) is 0.670. The molecule has 1 heterocycles. The highest BCUT2D eigenvalue weighted by molar-refractivity contribution is 6.05. The fourth-order valence-electron chi connectivity index (χ4n) is 2.80. The first-order valence-corrected chi connectivity index (χ1v) is 8.72. The van der Waals surface area contributed by atoms with Crippen LogP contribution < -0.4 is 20.4 Å². The normalized spacial score (nSPS) is 10.6. The minimum atomic E-state index is -0.573. The van der Waals surface area contributed by atoms with Crippen molar-refractivity contribution in [2.75, 3.05) is 20.3 Å². The number of rotatable bonds is 7. The molecule has 0 atom stereocenters. The average molecular weight is 367 g/mol. The van der Waals surface area contributed by atoms with Crippen molar-refractivity contribution in [1.29, 1.82) is 0 Å². The predicted octanol–water partition coefficient (Wildman–Crippen LogP) is 3.17. The maximum absolute atomic E-state index is 12.6. The summed E-state index contributed by atoms with van der Waals surface area (Å²) in [5.41, 5.74) is 1.12. The first-order chi connectivity index (χ1) is 13.1. The standard InChI is InChI=1S/C21H21NO5/c1-3-26-16-8-9-17-18(13-20(23)27-19(17)12-16)21(24)22-11-10-14-4-6-15(25-2)7-5-14/h4-9,12-13H,3,10-11H2,1-2H3,(H,22,24). The molecule has 3 aromatic rings. The molecule has 27 heavy (non-hydrogen) atoms. The van der Waals surface area contributed by atoms with Gasteiger partial charge in [0.1, 0.15) is 17.1 Å². The minimum Gasteiger partial charge on any atom is -0.497 e. The summed E-state index contributed by atoms with van der Waals surface area (Å²) in [5, 5.41) is 3.42. The van der Waals surface area contributed by atoms with Crippen molar-refractivity contribution in [3.05, 3.63) is 70.1 Å². The number of nitrogens with one attached hydrogen (secondary N) is 1. The van der Waals surface area contributed by atoms with E-state index in [4.69, 9.17) is 13.9 Å². The second kappa shape index (κ2) is 8.40. The van der Waals surface area contributed by atoms with Gasteiger partial charge in [-0.15, -0.1) is 0 Å². The third-order valence-electron chi connectivity index (χ3n) is 4.13. The Kier molecular flexibility index (Phi) is 5.76. The van der Waals surface area contributed by atoms with E-state index in [0.717, 1.165) is 11.3 Å². The molecule has 6 heteroatoms. The molecule has 0 radical (unpaired) electrons. The molecule has 0 saturated heterocycles. The number of benzene rings is 2. The molecule has 0 aliphatic carbocycles. The third-order valence-corrected chi connectivity index (χ3v) is 4.13. The molecular formula is C21H21NO5. The molecule has 0 aliphatic heterocycles. The van der Waals surface area contributed by atoms with E-state index in [0.29, 0.717) is 41.9 Å². The van der Waals surface area contributed by atoms with Gasteiger partial charge in [-0.1, -0.05) is 12.1 Å². The Labute approximate surface area is 156 Å². The number of ether oxygens (including phenoxy) is 2. The Balaban J connectivity index is 1.73. The molecule has 3 rings (SSSR count). The van der Waals surface area contributed by atoms with E-state index in [2.05, 4.69) is 5.32 Å². The molecule has 1 aromatic heterocycles. The zero-order valence-electron chi connectivity index (χ0n) is 15.3. The van der Waals surface area contributed by atoms with Crippen LogP contribution in [0.3, 0.4) is 0 Å². The van der Waals surface area contributed by atoms with Crippen molar-refractivity contribution in [2.24, 2.45) is 0 Å². The smallest absolute Gasteiger partial charge is 0.337 e. The Morgan fingerprint density at radius 1 is 1.07 bits per heavy atom. The molecular weight excluding hydrogens is 346 g/mol. The fourth-order valence-corrected chi connectivity index (χ4v) is 2.80. The van der Waals surface area contributed by atoms with Gasteiger partial charge >= 0.3 is 5.63 Å². The molecule has 0 aliphatic rings. The third kappa shape index (κ3) is 4.47. The van der Waals surface area contributed by atoms with E-state index >= 15 is 0 Å². The van der Waals surface area contributed by atoms with Crippen LogP contribution >= 0.6 is 0 Å². The zero-order valence-corrected chi connectivity index (χ0v) is 15.3. The first-order valence-electron chi connectivity index (χ1n) is 8.72. The van der Waals surface area contributed by atoms with Crippen LogP contribution in [0.4, 0.5) is 0 Å². The largest absolute Gasteiger partial charge is 0.497 e. The number of fused-ring (bicyclic) bond motifs is 1. The summed E-state index contributed by atoms with van der Waals surface area (Å²) in [5.74, 6) is 1.06. The molecule has 1 N–H and O–H groups in total. The zero-order chi connectivity index (χ0) is 19.2. The van der Waals surface area contributed by atoms with Gasteiger partial charge in [0, 0.05) is 24.1 Å². The van der Waals surface area contributed by atoms with Crippen LogP contribution in [0.2, 0.25) is 0 Å². The number of carbonyl (C=O) groups is 1. The van der Waals surface area contributed by atoms with Gasteiger partial charge < -0.3 is 19.2 Å². The maximum Gasteiger partial charge on any atom is 0.337 e. The van der Waals surface area contributed by atoms with E-state index < -0.39 is 5.63 Å². The summed E-state index contributed by atoms with van der Waals surface area (Å²) in [7, 11) is 1.62. The van der Waals surface area contributed by atoms with Crippen LogP contribution in [0.1, 0.15) is 22.8 Å². The molecule has 2 aromatic carbocycles. The van der Waals surface area contributed by atoms with E-state index in [9.17, 15) is 9.59 Å². The second-order valence-corrected chi connectivity index (χ2v) is 5.92. The number of carbonyl (C=O) groups excluding carboxylic acids is 1. The molecule has 0 spiro atoms. The molecule has 0 saturated carbocycles. The SMILES string of the molecule is CCOc1ccc2c(C(=O)NCCc3ccc(OC)cc3)cc(=O)oc2c1. The summed E-state index contributed by atoms with van der Waals surface area (Å²) in [6, 6.07) is 14.0. The molecule has 1 amide bonds. The van der Waals surface area contributed by atoms with Gasteiger partial charge in [0.05, 0.1) is 19.3 Å². The summed E-state index contributed by atoms with van der Waals surface area (Å²) in [4.78, 5) is 24.4. The van der Waals surface area contributed by atoms with Crippen molar-refractivity contribution >= 4 is 16.9 Å². The topological polar surface area (TPSA) is 77.8 Å². The lowest BCUT2D eigenvalue weighted by Gasteiger charge is -2.09. The Morgan fingerprint density at radius 3 is 2.52 bits per heavy atom. The Hall–Kier alpha value is -3.28. The van der Waals surface area contributed by atoms with Crippen molar-refractivity contribution in [3.8, 4) is 11.5 Å². The van der Waals surface area contributed by atoms with E-state index in [1.807, 2.05) is 31.2 Å². The van der Waals surface area contributed by atoms with Crippen LogP contribution in [0.15, 0.2) is 57.7 Å². The monoisotopic (exact) mass is 367 g/mol. The first kappa shape index (κ1) is 18.5. The number of hydrogen-bond acceptors (Lipinski definition) is 5. The van der Waals surface area contributed by atoms with Crippen LogP contribution in [0.5, 0.6) is 11.5 Å². The van der Waals surface area contributed by atoms with Crippen molar-refractivity contribution < 1.29 is 18.7 Å². The Bertz CT molecular complexity index is 992. The minimum absolute atomic E-state index is 0.291. The lowest BCUT2D eigenvalue weighted by molar-refractivity contribution is 0.0955. The predicted molar refractivity (Wildman–Crippen MR) is 103 cm³/mol. The van der Waals surface area contributed by atoms with E-state index in [-0.39, 0.29) is 5.91 Å². The summed E-state index contributed by atoms with van der Waals surface area (Å²) >= 11 is 0.